The number of nitrogens with zero attached hydrogens (tertiary/aromatic N) is 2. The van der Waals surface area contributed by atoms with Crippen LogP contribution in [0.4, 0.5) is 10.1 Å². The number of hydrogen-bond acceptors (Lipinski definition) is 4. The summed E-state index contributed by atoms with van der Waals surface area (Å²) >= 11 is 0. The van der Waals surface area contributed by atoms with Gasteiger partial charge in [0, 0.05) is 36.9 Å². The number of aromatic carboxylic acids is 1. The number of carboxylic acids is 1. The summed E-state index contributed by atoms with van der Waals surface area (Å²) in [6.45, 7) is 3.08. The Morgan fingerprint density at radius 1 is 1.32 bits per heavy atom. The summed E-state index contributed by atoms with van der Waals surface area (Å²) in [6.07, 6.45) is 5.36. The van der Waals surface area contributed by atoms with Gasteiger partial charge in [0.1, 0.15) is 11.4 Å². The van der Waals surface area contributed by atoms with Crippen molar-refractivity contribution in [2.45, 2.75) is 44.7 Å². The van der Waals surface area contributed by atoms with Crippen LogP contribution in [0.1, 0.15) is 47.6 Å². The minimum absolute atomic E-state index is 0.171. The molecule has 3 atom stereocenters. The highest BCUT2D eigenvalue weighted by atomic mass is 19.1. The molecule has 0 unspecified atom stereocenters. The molecule has 7 heteroatoms. The van der Waals surface area contributed by atoms with Gasteiger partial charge >= 0.3 is 5.97 Å². The van der Waals surface area contributed by atoms with Gasteiger partial charge in [-0.05, 0) is 50.5 Å². The maximum absolute atomic E-state index is 15.3. The number of hydrogen-bond donors (Lipinski definition) is 2. The lowest BCUT2D eigenvalue weighted by Crippen LogP contribution is -2.57. The lowest BCUT2D eigenvalue weighted by atomic mass is 9.66. The van der Waals surface area contributed by atoms with E-state index in [4.69, 9.17) is 5.73 Å². The Kier molecular flexibility index (Phi) is 3.81. The number of pyridine rings is 1. The average Bonchev–Trinajstić information content (AvgIpc) is 3.48. The fourth-order valence-corrected chi connectivity index (χ4v) is 5.04. The molecule has 0 amide bonds. The number of fused-ring (bicyclic) bond motifs is 2. The van der Waals surface area contributed by atoms with E-state index in [1.807, 2.05) is 4.57 Å². The molecule has 3 fully saturated rings. The molecule has 3 aliphatic rings. The zero-order valence-corrected chi connectivity index (χ0v) is 15.8. The number of piperidine rings is 1. The van der Waals surface area contributed by atoms with Crippen LogP contribution in [-0.2, 0) is 0 Å². The van der Waals surface area contributed by atoms with Gasteiger partial charge in [0.05, 0.1) is 16.6 Å². The number of rotatable bonds is 3. The normalized spacial score (nSPS) is 26.8. The van der Waals surface area contributed by atoms with Crippen LogP contribution in [-0.4, -0.2) is 34.8 Å². The van der Waals surface area contributed by atoms with Gasteiger partial charge in [0.2, 0.25) is 5.43 Å². The highest BCUT2D eigenvalue weighted by Gasteiger charge is 2.42. The van der Waals surface area contributed by atoms with Crippen LogP contribution >= 0.6 is 0 Å². The zero-order chi connectivity index (χ0) is 19.7. The highest BCUT2D eigenvalue weighted by molar-refractivity contribution is 5.95. The Labute approximate surface area is 161 Å². The predicted octanol–water partition coefficient (Wildman–Crippen LogP) is 2.66. The first-order valence-electron chi connectivity index (χ1n) is 9.98. The van der Waals surface area contributed by atoms with Crippen molar-refractivity contribution in [3.63, 3.8) is 0 Å². The lowest BCUT2D eigenvalue weighted by Gasteiger charge is -2.50. The Bertz CT molecular complexity index is 1060. The van der Waals surface area contributed by atoms with Gasteiger partial charge in [0.15, 0.2) is 0 Å². The predicted molar refractivity (Wildman–Crippen MR) is 105 cm³/mol. The van der Waals surface area contributed by atoms with Crippen molar-refractivity contribution in [3.05, 3.63) is 39.4 Å². The van der Waals surface area contributed by atoms with Gasteiger partial charge in [-0.25, -0.2) is 9.18 Å². The summed E-state index contributed by atoms with van der Waals surface area (Å²) in [5, 5.41) is 9.61. The first kappa shape index (κ1) is 17.7. The number of benzene rings is 1. The highest BCUT2D eigenvalue weighted by Crippen LogP contribution is 2.43. The minimum Gasteiger partial charge on any atom is -0.477 e. The topological polar surface area (TPSA) is 88.6 Å². The largest absolute Gasteiger partial charge is 0.477 e. The molecule has 2 saturated carbocycles. The van der Waals surface area contributed by atoms with E-state index in [9.17, 15) is 14.7 Å². The Morgan fingerprint density at radius 2 is 2.07 bits per heavy atom. The van der Waals surface area contributed by atoms with Crippen LogP contribution in [0.2, 0.25) is 0 Å². The molecule has 2 heterocycles. The number of anilines is 1. The summed E-state index contributed by atoms with van der Waals surface area (Å²) in [6, 6.07) is 2.10. The molecular weight excluding hydrogens is 361 g/mol. The molecule has 3 N–H and O–H groups in total. The van der Waals surface area contributed by atoms with E-state index < -0.39 is 17.2 Å². The molecule has 148 valence electrons. The van der Waals surface area contributed by atoms with Gasteiger partial charge in [-0.3, -0.25) is 4.79 Å². The fraction of sp³-hybridized carbons (Fsp3) is 0.524. The monoisotopic (exact) mass is 385 g/mol. The quantitative estimate of drug-likeness (QED) is 0.848. The van der Waals surface area contributed by atoms with Crippen molar-refractivity contribution >= 4 is 22.6 Å². The van der Waals surface area contributed by atoms with E-state index in [1.54, 1.807) is 13.0 Å². The standard InChI is InChI=1S/C21H24FN3O3/c1-10-18-16(25(12-2-3-12)9-14(20(18)26)21(27)28)7-17(19(10)22)24-5-4-11-6-15(23)13(11)8-24/h7,9,11-13,15H,2-6,8,23H2,1H3,(H,27,28)/t11-,13-,15+/m0/s1. The molecule has 28 heavy (non-hydrogen) atoms. The third kappa shape index (κ3) is 2.49. The Morgan fingerprint density at radius 3 is 2.71 bits per heavy atom. The van der Waals surface area contributed by atoms with E-state index in [2.05, 4.69) is 4.90 Å². The second-order valence-corrected chi connectivity index (χ2v) is 8.60. The first-order chi connectivity index (χ1) is 13.4. The zero-order valence-electron chi connectivity index (χ0n) is 15.8. The summed E-state index contributed by atoms with van der Waals surface area (Å²) < 4.78 is 17.2. The molecule has 5 rings (SSSR count). The van der Waals surface area contributed by atoms with E-state index in [0.29, 0.717) is 23.0 Å². The van der Waals surface area contributed by atoms with Gasteiger partial charge < -0.3 is 20.3 Å². The van der Waals surface area contributed by atoms with E-state index >= 15 is 4.39 Å². The molecule has 2 aromatic rings. The molecule has 2 aliphatic carbocycles. The summed E-state index contributed by atoms with van der Waals surface area (Å²) in [4.78, 5) is 26.4. The van der Waals surface area contributed by atoms with E-state index in [0.717, 1.165) is 38.8 Å². The summed E-state index contributed by atoms with van der Waals surface area (Å²) in [5.74, 6) is -0.671. The lowest BCUT2D eigenvalue weighted by molar-refractivity contribution is 0.0695. The smallest absolute Gasteiger partial charge is 0.341 e. The first-order valence-corrected chi connectivity index (χ1v) is 9.98. The molecule has 0 bridgehead atoms. The summed E-state index contributed by atoms with van der Waals surface area (Å²) in [7, 11) is 0. The molecule has 0 spiro atoms. The van der Waals surface area contributed by atoms with Crippen molar-refractivity contribution in [1.29, 1.82) is 0 Å². The van der Waals surface area contributed by atoms with Gasteiger partial charge in [-0.15, -0.1) is 0 Å². The molecule has 1 saturated heterocycles. The van der Waals surface area contributed by atoms with Crippen LogP contribution < -0.4 is 16.1 Å². The Hall–Kier alpha value is -2.41. The van der Waals surface area contributed by atoms with E-state index in [-0.39, 0.29) is 28.6 Å². The van der Waals surface area contributed by atoms with Gasteiger partial charge in [-0.1, -0.05) is 0 Å². The summed E-state index contributed by atoms with van der Waals surface area (Å²) in [5.41, 5.74) is 6.60. The Balaban J connectivity index is 1.69. The van der Waals surface area contributed by atoms with Crippen LogP contribution in [0.15, 0.2) is 17.1 Å². The third-order valence-electron chi connectivity index (χ3n) is 6.92. The van der Waals surface area contributed by atoms with Crippen LogP contribution in [0.5, 0.6) is 0 Å². The fourth-order valence-electron chi connectivity index (χ4n) is 5.04. The van der Waals surface area contributed by atoms with E-state index in [1.165, 1.54) is 6.20 Å². The molecule has 1 aromatic carbocycles. The number of carboxylic acid groups (broad SMARTS) is 1. The third-order valence-corrected chi connectivity index (χ3v) is 6.92. The van der Waals surface area contributed by atoms with Crippen molar-refractivity contribution in [1.82, 2.24) is 4.57 Å². The molecule has 6 nitrogen and oxygen atoms in total. The van der Waals surface area contributed by atoms with Crippen molar-refractivity contribution in [2.75, 3.05) is 18.0 Å². The molecular formula is C21H24FN3O3. The second kappa shape index (κ2) is 6.04. The minimum atomic E-state index is -1.27. The maximum atomic E-state index is 15.3. The number of nitrogens with two attached hydrogens (primary N) is 1. The molecule has 0 radical (unpaired) electrons. The van der Waals surface area contributed by atoms with Crippen LogP contribution in [0.3, 0.4) is 0 Å². The van der Waals surface area contributed by atoms with Crippen LogP contribution in [0.25, 0.3) is 10.9 Å². The van der Waals surface area contributed by atoms with Gasteiger partial charge in [-0.2, -0.15) is 0 Å². The van der Waals surface area contributed by atoms with Gasteiger partial charge in [0.25, 0.3) is 0 Å². The van der Waals surface area contributed by atoms with Crippen LogP contribution in [0, 0.1) is 24.6 Å². The number of halogens is 1. The number of aromatic nitrogens is 1. The molecule has 1 aromatic heterocycles. The maximum Gasteiger partial charge on any atom is 0.341 e. The second-order valence-electron chi connectivity index (χ2n) is 8.60. The SMILES string of the molecule is Cc1c(F)c(N2CC[C@H]3C[C@@H](N)[C@H]3C2)cc2c1c(=O)c(C(=O)O)cn2C1CC1. The van der Waals surface area contributed by atoms with Crippen molar-refractivity contribution in [3.8, 4) is 0 Å². The van der Waals surface area contributed by atoms with Crippen molar-refractivity contribution in [2.24, 2.45) is 17.6 Å². The van der Waals surface area contributed by atoms with Crippen molar-refractivity contribution < 1.29 is 14.3 Å². The molecule has 1 aliphatic heterocycles. The number of aryl methyl sites for hydroxylation is 1. The number of carbonyl (C=O) groups is 1. The average molecular weight is 385 g/mol.